The van der Waals surface area contributed by atoms with Gasteiger partial charge in [-0.3, -0.25) is 4.79 Å². The van der Waals surface area contributed by atoms with Crippen molar-refractivity contribution in [3.05, 3.63) is 101 Å². The number of fused-ring (bicyclic) bond motifs is 1. The van der Waals surface area contributed by atoms with E-state index in [1.165, 1.54) is 11.1 Å². The van der Waals surface area contributed by atoms with Crippen molar-refractivity contribution >= 4 is 38.2 Å². The number of para-hydroxylation sites is 1. The lowest BCUT2D eigenvalue weighted by Crippen LogP contribution is -2.14. The van der Waals surface area contributed by atoms with Crippen molar-refractivity contribution < 1.29 is 22.3 Å². The third-order valence-electron chi connectivity index (χ3n) is 7.16. The number of carbonyl (C=O) groups excluding carboxylic acids is 1. The van der Waals surface area contributed by atoms with Crippen LogP contribution in [0.15, 0.2) is 89.1 Å². The second-order valence-corrected chi connectivity index (χ2v) is 12.2. The first kappa shape index (κ1) is 24.6. The molecule has 2 atom stereocenters. The van der Waals surface area contributed by atoms with Crippen LogP contribution in [0.1, 0.15) is 23.5 Å². The quantitative estimate of drug-likeness (QED) is 0.216. The smallest absolute Gasteiger partial charge is 0.309 e. The number of hydrogen-bond acceptors (Lipinski definition) is 5. The Morgan fingerprint density at radius 1 is 1.03 bits per heavy atom. The molecule has 5 nitrogen and oxygen atoms in total. The van der Waals surface area contributed by atoms with E-state index in [1.807, 2.05) is 43.3 Å². The number of nitrogens with zero attached hydrogens (tertiary/aromatic N) is 1. The van der Waals surface area contributed by atoms with Gasteiger partial charge in [0.2, 0.25) is 0 Å². The molecule has 0 saturated heterocycles. The number of aromatic nitrogens is 1. The summed E-state index contributed by atoms with van der Waals surface area (Å²) in [6.45, 7) is 1.90. The average Bonchev–Trinajstić information content (AvgIpc) is 3.50. The van der Waals surface area contributed by atoms with Gasteiger partial charge in [0.25, 0.3) is 10.0 Å². The van der Waals surface area contributed by atoms with Crippen LogP contribution in [0.25, 0.3) is 33.3 Å². The topological polar surface area (TPSA) is 65.4 Å². The van der Waals surface area contributed by atoms with Gasteiger partial charge in [-0.05, 0) is 60.5 Å². The molecule has 0 radical (unpaired) electrons. The van der Waals surface area contributed by atoms with E-state index in [0.29, 0.717) is 39.7 Å². The third-order valence-corrected chi connectivity index (χ3v) is 9.59. The minimum atomic E-state index is -4.07. The number of esters is 1. The molecule has 0 aliphatic heterocycles. The van der Waals surface area contributed by atoms with E-state index in [2.05, 4.69) is 0 Å². The van der Waals surface area contributed by atoms with Crippen LogP contribution in [0.4, 0.5) is 4.39 Å². The molecule has 1 fully saturated rings. The molecule has 5 aromatic rings. The van der Waals surface area contributed by atoms with Crippen molar-refractivity contribution in [3.63, 3.8) is 0 Å². The van der Waals surface area contributed by atoms with Gasteiger partial charge in [-0.25, -0.2) is 12.4 Å². The van der Waals surface area contributed by atoms with E-state index in [4.69, 9.17) is 4.74 Å². The normalized spacial score (nSPS) is 17.0. The van der Waals surface area contributed by atoms with Gasteiger partial charge in [-0.1, -0.05) is 54.1 Å². The van der Waals surface area contributed by atoms with Crippen LogP contribution in [0.5, 0.6) is 0 Å². The summed E-state index contributed by atoms with van der Waals surface area (Å²) in [5.41, 5.74) is 4.22. The summed E-state index contributed by atoms with van der Waals surface area (Å²) in [4.78, 5) is 12.2. The zero-order valence-electron chi connectivity index (χ0n) is 20.7. The molecule has 3 aromatic carbocycles. The summed E-state index contributed by atoms with van der Waals surface area (Å²) in [6, 6.07) is 23.1. The van der Waals surface area contributed by atoms with E-state index in [9.17, 15) is 13.2 Å². The van der Waals surface area contributed by atoms with Gasteiger partial charge >= 0.3 is 5.97 Å². The fourth-order valence-electron chi connectivity index (χ4n) is 5.18. The Kier molecular flexibility index (Phi) is 5.96. The largest absolute Gasteiger partial charge is 0.469 e. The molecule has 1 saturated carbocycles. The molecular formula is C30H24FNO4S2. The van der Waals surface area contributed by atoms with Crippen molar-refractivity contribution in [1.82, 2.24) is 3.97 Å². The third kappa shape index (κ3) is 3.95. The Hall–Kier alpha value is -3.75. The van der Waals surface area contributed by atoms with Crippen LogP contribution in [0, 0.1) is 18.0 Å². The zero-order valence-corrected chi connectivity index (χ0v) is 22.4. The molecule has 1 aliphatic carbocycles. The number of benzene rings is 3. The summed E-state index contributed by atoms with van der Waals surface area (Å²) >= 11 is 0.974. The standard InChI is InChI=1S/C30H24FNO4S2/c1-18-10-12-21(13-11-18)38(34,35)32-26-9-4-3-8-22(26)27(23-14-15-37-29(23)31)28(32)20-7-5-6-19(16-20)24-17-25(24)30(33)36-2/h3-16,24-25H,17H2,1-2H3. The molecule has 0 amide bonds. The minimum Gasteiger partial charge on any atom is -0.469 e. The lowest BCUT2D eigenvalue weighted by Gasteiger charge is -2.15. The molecular weight excluding hydrogens is 521 g/mol. The molecule has 1 aliphatic rings. The number of halogens is 1. The Morgan fingerprint density at radius 2 is 1.79 bits per heavy atom. The molecule has 38 heavy (non-hydrogen) atoms. The second-order valence-electron chi connectivity index (χ2n) is 9.53. The molecule has 0 N–H and O–H groups in total. The highest BCUT2D eigenvalue weighted by Gasteiger charge is 2.45. The van der Waals surface area contributed by atoms with Gasteiger partial charge in [0.05, 0.1) is 29.1 Å². The van der Waals surface area contributed by atoms with Crippen LogP contribution in [0.3, 0.4) is 0 Å². The molecule has 192 valence electrons. The van der Waals surface area contributed by atoms with Gasteiger partial charge in [-0.15, -0.1) is 11.3 Å². The van der Waals surface area contributed by atoms with Crippen molar-refractivity contribution in [2.24, 2.45) is 5.92 Å². The van der Waals surface area contributed by atoms with E-state index in [1.54, 1.807) is 47.8 Å². The number of carbonyl (C=O) groups is 1. The fourth-order valence-corrected chi connectivity index (χ4v) is 7.34. The first-order valence-electron chi connectivity index (χ1n) is 12.2. The maximum atomic E-state index is 15.1. The Morgan fingerprint density at radius 3 is 2.50 bits per heavy atom. The van der Waals surface area contributed by atoms with Crippen molar-refractivity contribution in [3.8, 4) is 22.4 Å². The predicted molar refractivity (Wildman–Crippen MR) is 147 cm³/mol. The van der Waals surface area contributed by atoms with Crippen molar-refractivity contribution in [2.45, 2.75) is 24.2 Å². The highest BCUT2D eigenvalue weighted by Crippen LogP contribution is 2.50. The van der Waals surface area contributed by atoms with Gasteiger partial charge in [0.1, 0.15) is 0 Å². The van der Waals surface area contributed by atoms with Crippen molar-refractivity contribution in [1.29, 1.82) is 0 Å². The van der Waals surface area contributed by atoms with E-state index in [-0.39, 0.29) is 27.8 Å². The number of aryl methyl sites for hydroxylation is 1. The fraction of sp³-hybridized carbons (Fsp3) is 0.167. The van der Waals surface area contributed by atoms with E-state index >= 15 is 4.39 Å². The minimum absolute atomic E-state index is 0.00438. The van der Waals surface area contributed by atoms with Crippen LogP contribution in [-0.4, -0.2) is 25.5 Å². The highest BCUT2D eigenvalue weighted by atomic mass is 32.2. The molecule has 2 aromatic heterocycles. The summed E-state index contributed by atoms with van der Waals surface area (Å²) in [6.07, 6.45) is 0.673. The van der Waals surface area contributed by atoms with Gasteiger partial charge < -0.3 is 4.74 Å². The zero-order chi connectivity index (χ0) is 26.6. The summed E-state index contributed by atoms with van der Waals surface area (Å²) in [5, 5.41) is 1.92. The predicted octanol–water partition coefficient (Wildman–Crippen LogP) is 7.00. The number of hydrogen-bond donors (Lipinski definition) is 0. The van der Waals surface area contributed by atoms with Gasteiger partial charge in [0.15, 0.2) is 5.13 Å². The first-order chi connectivity index (χ1) is 18.3. The van der Waals surface area contributed by atoms with Gasteiger partial charge in [0, 0.05) is 22.1 Å². The first-order valence-corrected chi connectivity index (χ1v) is 14.5. The van der Waals surface area contributed by atoms with Crippen LogP contribution in [-0.2, 0) is 19.6 Å². The monoisotopic (exact) mass is 545 g/mol. The van der Waals surface area contributed by atoms with Crippen molar-refractivity contribution in [2.75, 3.05) is 7.11 Å². The number of methoxy groups -OCH3 is 1. The lowest BCUT2D eigenvalue weighted by atomic mass is 9.98. The second kappa shape index (κ2) is 9.22. The van der Waals surface area contributed by atoms with Gasteiger partial charge in [-0.2, -0.15) is 4.39 Å². The molecule has 0 bridgehead atoms. The summed E-state index contributed by atoms with van der Waals surface area (Å²) in [7, 11) is -2.69. The number of ether oxygens (including phenoxy) is 1. The average molecular weight is 546 g/mol. The highest BCUT2D eigenvalue weighted by molar-refractivity contribution is 7.90. The lowest BCUT2D eigenvalue weighted by molar-refractivity contribution is -0.142. The van der Waals surface area contributed by atoms with Crippen LogP contribution in [0.2, 0.25) is 0 Å². The maximum absolute atomic E-state index is 15.1. The Labute approximate surface area is 224 Å². The Balaban J connectivity index is 1.65. The molecule has 2 unspecified atom stereocenters. The Bertz CT molecular complexity index is 1800. The summed E-state index contributed by atoms with van der Waals surface area (Å²) < 4.78 is 49.9. The number of rotatable bonds is 6. The van der Waals surface area contributed by atoms with E-state index in [0.717, 1.165) is 22.5 Å². The molecule has 2 heterocycles. The number of thiophene rings is 1. The molecule has 8 heteroatoms. The summed E-state index contributed by atoms with van der Waals surface area (Å²) in [5.74, 6) is -0.473. The maximum Gasteiger partial charge on any atom is 0.309 e. The molecule has 0 spiro atoms. The van der Waals surface area contributed by atoms with Crippen LogP contribution >= 0.6 is 11.3 Å². The van der Waals surface area contributed by atoms with Crippen LogP contribution < -0.4 is 0 Å². The molecule has 6 rings (SSSR count). The SMILES string of the molecule is COC(=O)C1CC1c1cccc(-c2c(-c3ccsc3F)c3ccccc3n2S(=O)(=O)c2ccc(C)cc2)c1. The van der Waals surface area contributed by atoms with E-state index < -0.39 is 10.0 Å².